The van der Waals surface area contributed by atoms with E-state index in [4.69, 9.17) is 5.10 Å². The van der Waals surface area contributed by atoms with Gasteiger partial charge in [0.1, 0.15) is 0 Å². The lowest BCUT2D eigenvalue weighted by Crippen LogP contribution is -2.42. The number of amides is 1. The van der Waals surface area contributed by atoms with Crippen LogP contribution in [0.5, 0.6) is 0 Å². The Bertz CT molecular complexity index is 660. The molecular formula is C21H28BrN3O. The zero-order valence-corrected chi connectivity index (χ0v) is 17.0. The van der Waals surface area contributed by atoms with Gasteiger partial charge in [-0.15, -0.1) is 0 Å². The van der Waals surface area contributed by atoms with Gasteiger partial charge in [-0.05, 0) is 56.0 Å². The third-order valence-corrected chi connectivity index (χ3v) is 6.67. The molecule has 0 radical (unpaired) electrons. The van der Waals surface area contributed by atoms with E-state index in [0.29, 0.717) is 6.42 Å². The van der Waals surface area contributed by atoms with Crippen LogP contribution in [-0.2, 0) is 4.79 Å². The van der Waals surface area contributed by atoms with Crippen molar-refractivity contribution >= 4 is 27.5 Å². The van der Waals surface area contributed by atoms with Gasteiger partial charge in [0.2, 0.25) is 5.91 Å². The number of hydrogen-bond acceptors (Lipinski definition) is 3. The minimum absolute atomic E-state index is 0.202. The minimum atomic E-state index is 0.202. The molecule has 1 saturated heterocycles. The standard InChI is InChI=1S/C21H28BrN3O/c22-18-10-8-17(9-11-18)21-19(24-13-3-4-14-24)15-25(23-21)20(26)12-7-16-5-1-2-6-16/h8-11,16,19H,1-7,12-15H2. The zero-order chi connectivity index (χ0) is 17.9. The summed E-state index contributed by atoms with van der Waals surface area (Å²) in [5.41, 5.74) is 2.20. The Kier molecular flexibility index (Phi) is 5.75. The van der Waals surface area contributed by atoms with E-state index in [-0.39, 0.29) is 11.9 Å². The van der Waals surface area contributed by atoms with Crippen LogP contribution in [0.25, 0.3) is 0 Å². The molecule has 0 spiro atoms. The summed E-state index contributed by atoms with van der Waals surface area (Å²) < 4.78 is 1.07. The Morgan fingerprint density at radius 3 is 2.46 bits per heavy atom. The maximum atomic E-state index is 12.8. The molecule has 140 valence electrons. The summed E-state index contributed by atoms with van der Waals surface area (Å²) in [6.45, 7) is 2.95. The normalized spacial score (nSPS) is 24.4. The van der Waals surface area contributed by atoms with E-state index in [1.807, 2.05) is 0 Å². The van der Waals surface area contributed by atoms with Gasteiger partial charge in [-0.3, -0.25) is 9.69 Å². The van der Waals surface area contributed by atoms with Crippen LogP contribution in [0.4, 0.5) is 0 Å². The molecule has 1 atom stereocenters. The topological polar surface area (TPSA) is 35.9 Å². The van der Waals surface area contributed by atoms with E-state index < -0.39 is 0 Å². The van der Waals surface area contributed by atoms with Crippen molar-refractivity contribution in [1.29, 1.82) is 0 Å². The van der Waals surface area contributed by atoms with Crippen molar-refractivity contribution in [2.75, 3.05) is 19.6 Å². The first-order valence-electron chi connectivity index (χ1n) is 10.1. The lowest BCUT2D eigenvalue weighted by atomic mass is 10.0. The fourth-order valence-electron chi connectivity index (χ4n) is 4.61. The molecule has 0 N–H and O–H groups in total. The summed E-state index contributed by atoms with van der Waals surface area (Å²) in [4.78, 5) is 15.3. The number of hydrogen-bond donors (Lipinski definition) is 0. The Morgan fingerprint density at radius 1 is 1.08 bits per heavy atom. The largest absolute Gasteiger partial charge is 0.293 e. The molecule has 1 aromatic carbocycles. The SMILES string of the molecule is O=C(CCC1CCCC1)N1CC(N2CCCC2)C(c2ccc(Br)cc2)=N1. The van der Waals surface area contributed by atoms with Gasteiger partial charge in [-0.1, -0.05) is 53.7 Å². The summed E-state index contributed by atoms with van der Waals surface area (Å²) in [6, 6.07) is 8.58. The first-order valence-corrected chi connectivity index (χ1v) is 10.9. The van der Waals surface area contributed by atoms with Crippen molar-refractivity contribution in [3.8, 4) is 0 Å². The number of nitrogens with zero attached hydrogens (tertiary/aromatic N) is 3. The molecule has 1 aromatic rings. The third-order valence-electron chi connectivity index (χ3n) is 6.14. The smallest absolute Gasteiger partial charge is 0.242 e. The molecule has 2 aliphatic heterocycles. The lowest BCUT2D eigenvalue weighted by molar-refractivity contribution is -0.131. The highest BCUT2D eigenvalue weighted by atomic mass is 79.9. The van der Waals surface area contributed by atoms with Gasteiger partial charge >= 0.3 is 0 Å². The van der Waals surface area contributed by atoms with Crippen LogP contribution in [-0.4, -0.2) is 47.2 Å². The Morgan fingerprint density at radius 2 is 1.77 bits per heavy atom. The van der Waals surface area contributed by atoms with Crippen LogP contribution in [0.1, 0.15) is 56.9 Å². The number of likely N-dealkylation sites (tertiary alicyclic amines) is 1. The highest BCUT2D eigenvalue weighted by Crippen LogP contribution is 2.29. The number of carbonyl (C=O) groups is 1. The van der Waals surface area contributed by atoms with Crippen LogP contribution < -0.4 is 0 Å². The summed E-state index contributed by atoms with van der Waals surface area (Å²) >= 11 is 3.51. The molecule has 1 aliphatic carbocycles. The molecule has 0 aromatic heterocycles. The van der Waals surface area contributed by atoms with Crippen LogP contribution in [0.15, 0.2) is 33.8 Å². The summed E-state index contributed by atoms with van der Waals surface area (Å²) in [7, 11) is 0. The number of carbonyl (C=O) groups excluding carboxylic acids is 1. The summed E-state index contributed by atoms with van der Waals surface area (Å²) in [5, 5.41) is 6.56. The monoisotopic (exact) mass is 417 g/mol. The second-order valence-electron chi connectivity index (χ2n) is 7.92. The van der Waals surface area contributed by atoms with Gasteiger partial charge in [-0.2, -0.15) is 5.10 Å². The molecule has 1 unspecified atom stereocenters. The molecule has 1 amide bonds. The minimum Gasteiger partial charge on any atom is -0.293 e. The van der Waals surface area contributed by atoms with E-state index in [2.05, 4.69) is 45.1 Å². The van der Waals surface area contributed by atoms with Crippen LogP contribution in [0, 0.1) is 5.92 Å². The number of rotatable bonds is 5. The van der Waals surface area contributed by atoms with Crippen molar-refractivity contribution in [3.63, 3.8) is 0 Å². The van der Waals surface area contributed by atoms with Gasteiger partial charge in [0, 0.05) is 10.9 Å². The average Bonchev–Trinajstić information content (AvgIpc) is 3.41. The predicted molar refractivity (Wildman–Crippen MR) is 108 cm³/mol. The average molecular weight is 418 g/mol. The molecular weight excluding hydrogens is 390 g/mol. The van der Waals surface area contributed by atoms with Crippen molar-refractivity contribution in [1.82, 2.24) is 9.91 Å². The van der Waals surface area contributed by atoms with Crippen LogP contribution >= 0.6 is 15.9 Å². The molecule has 4 nitrogen and oxygen atoms in total. The molecule has 3 aliphatic rings. The molecule has 0 bridgehead atoms. The second kappa shape index (κ2) is 8.22. The highest BCUT2D eigenvalue weighted by molar-refractivity contribution is 9.10. The predicted octanol–water partition coefficient (Wildman–Crippen LogP) is 4.43. The maximum absolute atomic E-state index is 12.8. The first kappa shape index (κ1) is 18.2. The van der Waals surface area contributed by atoms with E-state index in [1.165, 1.54) is 38.5 Å². The summed E-state index contributed by atoms with van der Waals surface area (Å²) in [5.74, 6) is 0.957. The van der Waals surface area contributed by atoms with E-state index in [0.717, 1.165) is 47.7 Å². The fraction of sp³-hybridized carbons (Fsp3) is 0.619. The van der Waals surface area contributed by atoms with E-state index >= 15 is 0 Å². The molecule has 2 heterocycles. The van der Waals surface area contributed by atoms with Crippen molar-refractivity contribution in [2.45, 2.75) is 57.4 Å². The highest BCUT2D eigenvalue weighted by Gasteiger charge is 2.36. The Hall–Kier alpha value is -1.20. The molecule has 26 heavy (non-hydrogen) atoms. The number of benzene rings is 1. The molecule has 2 fully saturated rings. The second-order valence-corrected chi connectivity index (χ2v) is 8.83. The third kappa shape index (κ3) is 4.04. The van der Waals surface area contributed by atoms with E-state index in [9.17, 15) is 4.79 Å². The van der Waals surface area contributed by atoms with Crippen LogP contribution in [0.2, 0.25) is 0 Å². The Labute approximate surface area is 164 Å². The van der Waals surface area contributed by atoms with Gasteiger partial charge in [-0.25, -0.2) is 5.01 Å². The van der Waals surface area contributed by atoms with Gasteiger partial charge in [0.05, 0.1) is 18.3 Å². The summed E-state index contributed by atoms with van der Waals surface area (Å²) in [6.07, 6.45) is 9.46. The van der Waals surface area contributed by atoms with Gasteiger partial charge in [0.25, 0.3) is 0 Å². The molecule has 5 heteroatoms. The molecule has 1 saturated carbocycles. The lowest BCUT2D eigenvalue weighted by Gasteiger charge is -2.25. The van der Waals surface area contributed by atoms with Crippen molar-refractivity contribution < 1.29 is 4.79 Å². The fourth-order valence-corrected chi connectivity index (χ4v) is 4.88. The van der Waals surface area contributed by atoms with Crippen molar-refractivity contribution in [3.05, 3.63) is 34.3 Å². The number of halogens is 1. The zero-order valence-electron chi connectivity index (χ0n) is 15.4. The van der Waals surface area contributed by atoms with E-state index in [1.54, 1.807) is 5.01 Å². The van der Waals surface area contributed by atoms with Crippen LogP contribution in [0.3, 0.4) is 0 Å². The van der Waals surface area contributed by atoms with Gasteiger partial charge in [0.15, 0.2) is 0 Å². The first-order chi connectivity index (χ1) is 12.7. The molecule has 4 rings (SSSR count). The quantitative estimate of drug-likeness (QED) is 0.709. The van der Waals surface area contributed by atoms with Crippen molar-refractivity contribution in [2.24, 2.45) is 11.0 Å². The van der Waals surface area contributed by atoms with Gasteiger partial charge < -0.3 is 0 Å². The Balaban J connectivity index is 1.48. The number of hydrazone groups is 1. The maximum Gasteiger partial charge on any atom is 0.242 e.